The van der Waals surface area contributed by atoms with E-state index in [4.69, 9.17) is 5.73 Å². The van der Waals surface area contributed by atoms with Crippen LogP contribution < -0.4 is 5.73 Å². The predicted molar refractivity (Wildman–Crippen MR) is 164 cm³/mol. The highest BCUT2D eigenvalue weighted by Gasteiger charge is 2.70. The van der Waals surface area contributed by atoms with Crippen molar-refractivity contribution >= 4 is 5.91 Å². The van der Waals surface area contributed by atoms with E-state index >= 15 is 0 Å². The van der Waals surface area contributed by atoms with Crippen molar-refractivity contribution < 1.29 is 9.90 Å². The second-order valence-electron chi connectivity index (χ2n) is 16.8. The van der Waals surface area contributed by atoms with Gasteiger partial charge in [0.15, 0.2) is 0 Å². The van der Waals surface area contributed by atoms with Crippen LogP contribution in [0, 0.1) is 62.6 Å². The number of rotatable bonds is 5. The van der Waals surface area contributed by atoms with Crippen LogP contribution in [0.2, 0.25) is 0 Å². The van der Waals surface area contributed by atoms with Crippen molar-refractivity contribution in [3.8, 4) is 0 Å². The molecule has 0 aromatic carbocycles. The van der Waals surface area contributed by atoms with E-state index in [9.17, 15) is 9.90 Å². The van der Waals surface area contributed by atoms with Gasteiger partial charge in [0.1, 0.15) is 0 Å². The number of fused-ring (bicyclic) bond motifs is 7. The molecule has 0 heterocycles. The second kappa shape index (κ2) is 10.8. The molecule has 0 bridgehead atoms. The fourth-order valence-corrected chi connectivity index (χ4v) is 12.6. The Balaban J connectivity index is 0.000000531. The Kier molecular flexibility index (Phi) is 8.60. The van der Waals surface area contributed by atoms with Gasteiger partial charge in [0.25, 0.3) is 0 Å². The van der Waals surface area contributed by atoms with Crippen LogP contribution in [-0.2, 0) is 4.79 Å². The Labute approximate surface area is 241 Å². The number of carbonyl (C=O) groups is 1. The van der Waals surface area contributed by atoms with Gasteiger partial charge in [-0.15, -0.1) is 0 Å². The molecule has 5 aliphatic rings. The summed E-state index contributed by atoms with van der Waals surface area (Å²) in [6, 6.07) is 0. The lowest BCUT2D eigenvalue weighted by atomic mass is 9.32. The molecule has 1 amide bonds. The molecule has 0 unspecified atom stereocenters. The molecule has 5 rings (SSSR count). The van der Waals surface area contributed by atoms with Crippen LogP contribution in [0.3, 0.4) is 0 Å². The molecule has 0 aliphatic heterocycles. The Morgan fingerprint density at radius 2 is 1.41 bits per heavy atom. The minimum Gasteiger partial charge on any atom is -0.396 e. The average molecular weight is 542 g/mol. The van der Waals surface area contributed by atoms with Crippen LogP contribution in [0.25, 0.3) is 0 Å². The number of primary amides is 1. The fraction of sp³-hybridized carbons (Fsp3) is 0.917. The highest BCUT2D eigenvalue weighted by molar-refractivity contribution is 5.90. The molecule has 0 aromatic heterocycles. The van der Waals surface area contributed by atoms with E-state index in [0.29, 0.717) is 39.3 Å². The molecular weight excluding hydrogens is 478 g/mol. The summed E-state index contributed by atoms with van der Waals surface area (Å²) in [5, 5.41) is 9.40. The van der Waals surface area contributed by atoms with Crippen LogP contribution in [0.4, 0.5) is 0 Å². The van der Waals surface area contributed by atoms with Gasteiger partial charge in [0.05, 0.1) is 0 Å². The third-order valence-corrected chi connectivity index (χ3v) is 14.7. The van der Waals surface area contributed by atoms with Gasteiger partial charge in [-0.1, -0.05) is 61.5 Å². The maximum absolute atomic E-state index is 9.82. The van der Waals surface area contributed by atoms with Gasteiger partial charge in [-0.2, -0.15) is 0 Å². The molecule has 3 nitrogen and oxygen atoms in total. The summed E-state index contributed by atoms with van der Waals surface area (Å²) >= 11 is 0. The third kappa shape index (κ3) is 4.87. The Morgan fingerprint density at radius 1 is 0.846 bits per heavy atom. The molecule has 224 valence electrons. The zero-order chi connectivity index (χ0) is 29.0. The molecule has 3 N–H and O–H groups in total. The van der Waals surface area contributed by atoms with Gasteiger partial charge in [-0.25, -0.2) is 0 Å². The van der Waals surface area contributed by atoms with Crippen LogP contribution in [0.1, 0.15) is 139 Å². The van der Waals surface area contributed by atoms with Gasteiger partial charge in [-0.3, -0.25) is 4.79 Å². The third-order valence-electron chi connectivity index (χ3n) is 14.7. The minimum atomic E-state index is -0.435. The maximum atomic E-state index is 9.82. The van der Waals surface area contributed by atoms with E-state index in [1.807, 2.05) is 0 Å². The van der Waals surface area contributed by atoms with Crippen molar-refractivity contribution in [3.05, 3.63) is 12.2 Å². The molecule has 5 aliphatic carbocycles. The molecule has 5 saturated carbocycles. The minimum absolute atomic E-state index is 0.371. The van der Waals surface area contributed by atoms with E-state index in [-0.39, 0.29) is 0 Å². The Morgan fingerprint density at radius 3 is 1.97 bits per heavy atom. The van der Waals surface area contributed by atoms with E-state index in [1.165, 1.54) is 77.0 Å². The topological polar surface area (TPSA) is 63.3 Å². The highest BCUT2D eigenvalue weighted by atomic mass is 16.2. The molecular formula is C36H63NO2. The van der Waals surface area contributed by atoms with Crippen molar-refractivity contribution in [1.82, 2.24) is 0 Å². The quantitative estimate of drug-likeness (QED) is 0.341. The Hall–Kier alpha value is -0.830. The van der Waals surface area contributed by atoms with Crippen LogP contribution in [0.5, 0.6) is 0 Å². The number of nitrogens with two attached hydrogens (primary N) is 1. The summed E-state index contributed by atoms with van der Waals surface area (Å²) in [5.41, 5.74) is 7.82. The standard InChI is InChI=1S/C32H56O.C4H7NO/c1-22(10-8-21-33)23-13-18-29(4)24(23)14-19-31(6)26(29)11-12-27-30(5)17-9-16-28(2,3)25(30)15-20-32(27,31)7;1-3(2)4(5)6/h22-27,33H,8-21H2,1-7H3;1H2,2H3,(H2,5,6)/t22-,23-,24+,25+,26-,27-,29+,30+,31-,32-;/m1./s1. The molecule has 3 heteroatoms. The zero-order valence-electron chi connectivity index (χ0n) is 27.0. The first-order chi connectivity index (χ1) is 18.1. The molecule has 39 heavy (non-hydrogen) atoms. The summed E-state index contributed by atoms with van der Waals surface area (Å²) in [6.45, 7) is 24.0. The lowest BCUT2D eigenvalue weighted by molar-refractivity contribution is -0.241. The maximum Gasteiger partial charge on any atom is 0.243 e. The van der Waals surface area contributed by atoms with E-state index in [2.05, 4.69) is 55.0 Å². The predicted octanol–water partition coefficient (Wildman–Crippen LogP) is 8.93. The van der Waals surface area contributed by atoms with Crippen molar-refractivity contribution in [1.29, 1.82) is 0 Å². The molecule has 0 aromatic rings. The largest absolute Gasteiger partial charge is 0.396 e. The van der Waals surface area contributed by atoms with Gasteiger partial charge >= 0.3 is 0 Å². The normalized spacial score (nSPS) is 46.8. The number of amides is 1. The molecule has 0 spiro atoms. The summed E-state index contributed by atoms with van der Waals surface area (Å²) in [4.78, 5) is 9.82. The van der Waals surface area contributed by atoms with E-state index in [0.717, 1.165) is 41.9 Å². The average Bonchev–Trinajstić information content (AvgIpc) is 3.20. The summed E-state index contributed by atoms with van der Waals surface area (Å²) in [6.07, 6.45) is 18.5. The van der Waals surface area contributed by atoms with Crippen molar-refractivity contribution in [3.63, 3.8) is 0 Å². The lowest BCUT2D eigenvalue weighted by Gasteiger charge is -2.73. The SMILES string of the molecule is C=C(C)C(N)=O.C[C@H](CCCO)[C@H]1CC[C@]2(C)[C@H]3CC[C@@H]4[C@@]5(C)CCCC(C)(C)[C@@H]5CC[C@@]4(C)[C@]3(C)CC[C@@H]12. The van der Waals surface area contributed by atoms with Crippen LogP contribution in [0.15, 0.2) is 12.2 Å². The first-order valence-electron chi connectivity index (χ1n) is 16.6. The van der Waals surface area contributed by atoms with Gasteiger partial charge < -0.3 is 10.8 Å². The van der Waals surface area contributed by atoms with E-state index < -0.39 is 5.91 Å². The zero-order valence-corrected chi connectivity index (χ0v) is 27.0. The number of aliphatic hydroxyl groups excluding tert-OH is 1. The monoisotopic (exact) mass is 541 g/mol. The number of aliphatic hydroxyl groups is 1. The first kappa shape index (κ1) is 31.1. The smallest absolute Gasteiger partial charge is 0.243 e. The fourth-order valence-electron chi connectivity index (χ4n) is 12.6. The van der Waals surface area contributed by atoms with Gasteiger partial charge in [0.2, 0.25) is 5.91 Å². The molecule has 0 saturated heterocycles. The van der Waals surface area contributed by atoms with Gasteiger partial charge in [0, 0.05) is 12.2 Å². The van der Waals surface area contributed by atoms with Gasteiger partial charge in [-0.05, 0) is 147 Å². The summed E-state index contributed by atoms with van der Waals surface area (Å²) in [5.74, 6) is 5.00. The lowest BCUT2D eigenvalue weighted by Crippen LogP contribution is -2.65. The summed E-state index contributed by atoms with van der Waals surface area (Å²) < 4.78 is 0. The van der Waals surface area contributed by atoms with Crippen molar-refractivity contribution in [2.45, 2.75) is 139 Å². The second-order valence-corrected chi connectivity index (χ2v) is 16.8. The number of carbonyl (C=O) groups excluding carboxylic acids is 1. The Bertz CT molecular complexity index is 913. The summed E-state index contributed by atoms with van der Waals surface area (Å²) in [7, 11) is 0. The molecule has 5 fully saturated rings. The van der Waals surface area contributed by atoms with E-state index in [1.54, 1.807) is 6.92 Å². The van der Waals surface area contributed by atoms with Crippen molar-refractivity contribution in [2.24, 2.45) is 68.3 Å². The van der Waals surface area contributed by atoms with Crippen molar-refractivity contribution in [2.75, 3.05) is 6.61 Å². The highest BCUT2D eigenvalue weighted by Crippen LogP contribution is 2.78. The first-order valence-corrected chi connectivity index (χ1v) is 16.6. The van der Waals surface area contributed by atoms with Crippen LogP contribution >= 0.6 is 0 Å². The number of hydrogen-bond acceptors (Lipinski definition) is 2. The molecule has 0 radical (unpaired) electrons. The number of hydrogen-bond donors (Lipinski definition) is 2. The van der Waals surface area contributed by atoms with Crippen LogP contribution in [-0.4, -0.2) is 17.6 Å². The molecule has 10 atom stereocenters.